The summed E-state index contributed by atoms with van der Waals surface area (Å²) in [6, 6.07) is 2.84. The molecule has 1 amide bonds. The maximum Gasteiger partial charge on any atom is 0.401 e. The summed E-state index contributed by atoms with van der Waals surface area (Å²) < 4.78 is 38.4. The summed E-state index contributed by atoms with van der Waals surface area (Å²) in [5, 5.41) is 0. The quantitative estimate of drug-likeness (QED) is 0.841. The summed E-state index contributed by atoms with van der Waals surface area (Å²) in [6.07, 6.45) is -2.67. The van der Waals surface area contributed by atoms with Gasteiger partial charge in [0.2, 0.25) is 0 Å². The fraction of sp³-hybridized carbons (Fsp3) is 0.571. The number of nitrogens with zero attached hydrogens (tertiary/aromatic N) is 3. The first kappa shape index (κ1) is 16.5. The molecule has 0 N–H and O–H groups in total. The monoisotopic (exact) mass is 317 g/mol. The Hall–Kier alpha value is -1.83. The molecule has 5 nitrogen and oxygen atoms in total. The van der Waals surface area contributed by atoms with Gasteiger partial charge in [0, 0.05) is 50.6 Å². The number of alkyl halides is 3. The Morgan fingerprint density at radius 3 is 2.36 bits per heavy atom. The summed E-state index contributed by atoms with van der Waals surface area (Å²) in [6.45, 7) is 2.19. The third-order valence-corrected chi connectivity index (χ3v) is 3.65. The largest absolute Gasteiger partial charge is 0.401 e. The molecule has 0 bridgehead atoms. The number of hydrogen-bond donors (Lipinski definition) is 0. The first-order chi connectivity index (χ1) is 10.3. The highest BCUT2D eigenvalue weighted by atomic mass is 19.4. The number of amides is 1. The maximum atomic E-state index is 12.3. The highest BCUT2D eigenvalue weighted by molar-refractivity contribution is 5.94. The highest BCUT2D eigenvalue weighted by Gasteiger charge is 2.33. The van der Waals surface area contributed by atoms with Crippen LogP contribution < -0.4 is 5.56 Å². The molecule has 1 aliphatic heterocycles. The first-order valence-electron chi connectivity index (χ1n) is 7.09. The molecule has 1 saturated heterocycles. The molecule has 1 aliphatic rings. The number of piperazine rings is 1. The van der Waals surface area contributed by atoms with Gasteiger partial charge in [0.05, 0.1) is 6.54 Å². The van der Waals surface area contributed by atoms with Crippen LogP contribution in [0.25, 0.3) is 0 Å². The van der Waals surface area contributed by atoms with Crippen LogP contribution >= 0.6 is 0 Å². The van der Waals surface area contributed by atoms with E-state index in [9.17, 15) is 22.8 Å². The maximum absolute atomic E-state index is 12.3. The molecule has 0 aliphatic carbocycles. The van der Waals surface area contributed by atoms with Gasteiger partial charge in [-0.2, -0.15) is 13.2 Å². The van der Waals surface area contributed by atoms with Gasteiger partial charge in [0.25, 0.3) is 11.5 Å². The Kier molecular flexibility index (Phi) is 4.90. The Balaban J connectivity index is 1.98. The van der Waals surface area contributed by atoms with Crippen molar-refractivity contribution in [2.75, 3.05) is 32.7 Å². The molecular formula is C14H18F3N3O2. The van der Waals surface area contributed by atoms with Gasteiger partial charge in [-0.1, -0.05) is 0 Å². The van der Waals surface area contributed by atoms with E-state index in [4.69, 9.17) is 0 Å². The predicted molar refractivity (Wildman–Crippen MR) is 74.8 cm³/mol. The van der Waals surface area contributed by atoms with Crippen molar-refractivity contribution >= 4 is 5.91 Å². The molecule has 2 heterocycles. The molecule has 0 saturated carbocycles. The summed E-state index contributed by atoms with van der Waals surface area (Å²) >= 11 is 0. The summed E-state index contributed by atoms with van der Waals surface area (Å²) in [5.41, 5.74) is 0.0167. The fourth-order valence-corrected chi connectivity index (χ4v) is 2.45. The van der Waals surface area contributed by atoms with E-state index in [2.05, 4.69) is 0 Å². The lowest BCUT2D eigenvalue weighted by Crippen LogP contribution is -2.51. The number of carbonyl (C=O) groups is 1. The van der Waals surface area contributed by atoms with E-state index in [-0.39, 0.29) is 43.2 Å². The third-order valence-electron chi connectivity index (χ3n) is 3.65. The zero-order valence-electron chi connectivity index (χ0n) is 12.3. The van der Waals surface area contributed by atoms with Crippen molar-refractivity contribution in [3.05, 3.63) is 34.2 Å². The second-order valence-corrected chi connectivity index (χ2v) is 5.22. The van der Waals surface area contributed by atoms with Crippen LogP contribution in [0.1, 0.15) is 17.3 Å². The lowest BCUT2D eigenvalue weighted by molar-refractivity contribution is -0.148. The lowest BCUT2D eigenvalue weighted by atomic mass is 10.2. The molecule has 22 heavy (non-hydrogen) atoms. The Bertz CT molecular complexity index is 590. The first-order valence-corrected chi connectivity index (χ1v) is 7.09. The van der Waals surface area contributed by atoms with E-state index >= 15 is 0 Å². The molecule has 0 atom stereocenters. The molecular weight excluding hydrogens is 299 g/mol. The Morgan fingerprint density at radius 1 is 1.23 bits per heavy atom. The average molecular weight is 317 g/mol. The molecule has 122 valence electrons. The van der Waals surface area contributed by atoms with Gasteiger partial charge >= 0.3 is 6.18 Å². The van der Waals surface area contributed by atoms with Gasteiger partial charge in [0.1, 0.15) is 0 Å². The SMILES string of the molecule is CCn1ccc(C(=O)N2CCN(CC(F)(F)F)CC2)cc1=O. The van der Waals surface area contributed by atoms with Crippen molar-refractivity contribution in [1.82, 2.24) is 14.4 Å². The number of halogens is 3. The molecule has 8 heteroatoms. The molecule has 0 aromatic carbocycles. The van der Waals surface area contributed by atoms with Crippen molar-refractivity contribution in [1.29, 1.82) is 0 Å². The predicted octanol–water partition coefficient (Wildman–Crippen LogP) is 1.19. The minimum Gasteiger partial charge on any atom is -0.336 e. The second kappa shape index (κ2) is 6.51. The highest BCUT2D eigenvalue weighted by Crippen LogP contribution is 2.18. The van der Waals surface area contributed by atoms with Crippen molar-refractivity contribution in [2.24, 2.45) is 0 Å². The molecule has 0 radical (unpaired) electrons. The zero-order chi connectivity index (χ0) is 16.3. The number of pyridine rings is 1. The average Bonchev–Trinajstić information content (AvgIpc) is 2.45. The van der Waals surface area contributed by atoms with E-state index in [0.29, 0.717) is 6.54 Å². The van der Waals surface area contributed by atoms with Crippen LogP contribution in [0.15, 0.2) is 23.1 Å². The van der Waals surface area contributed by atoms with Gasteiger partial charge < -0.3 is 9.47 Å². The van der Waals surface area contributed by atoms with E-state index in [1.807, 2.05) is 6.92 Å². The molecule has 1 aromatic rings. The number of aromatic nitrogens is 1. The normalized spacial score (nSPS) is 16.8. The minimum absolute atomic E-state index is 0.178. The van der Waals surface area contributed by atoms with Crippen LogP contribution in [0.5, 0.6) is 0 Å². The van der Waals surface area contributed by atoms with Crippen LogP contribution in [-0.2, 0) is 6.54 Å². The van der Waals surface area contributed by atoms with Gasteiger partial charge in [-0.05, 0) is 13.0 Å². The third kappa shape index (κ3) is 4.09. The van der Waals surface area contributed by atoms with Gasteiger partial charge in [-0.3, -0.25) is 14.5 Å². The van der Waals surface area contributed by atoms with Crippen LogP contribution in [0.4, 0.5) is 13.2 Å². The topological polar surface area (TPSA) is 45.6 Å². The van der Waals surface area contributed by atoms with Crippen molar-refractivity contribution in [3.8, 4) is 0 Å². The molecule has 0 unspecified atom stereocenters. The number of carbonyl (C=O) groups excluding carboxylic acids is 1. The Labute approximate surface area is 125 Å². The van der Waals surface area contributed by atoms with Crippen molar-refractivity contribution in [3.63, 3.8) is 0 Å². The van der Waals surface area contributed by atoms with E-state index in [0.717, 1.165) is 0 Å². The van der Waals surface area contributed by atoms with E-state index in [1.54, 1.807) is 12.3 Å². The fourth-order valence-electron chi connectivity index (χ4n) is 2.45. The molecule has 1 aromatic heterocycles. The standard InChI is InChI=1S/C14H18F3N3O2/c1-2-19-4-3-11(9-12(19)21)13(22)20-7-5-18(6-8-20)10-14(15,16)17/h3-4,9H,2,5-8,10H2,1H3. The lowest BCUT2D eigenvalue weighted by Gasteiger charge is -2.35. The van der Waals surface area contributed by atoms with Crippen molar-refractivity contribution in [2.45, 2.75) is 19.6 Å². The van der Waals surface area contributed by atoms with Crippen LogP contribution in [-0.4, -0.2) is 59.2 Å². The van der Waals surface area contributed by atoms with Crippen molar-refractivity contribution < 1.29 is 18.0 Å². The van der Waals surface area contributed by atoms with E-state index in [1.165, 1.54) is 20.4 Å². The van der Waals surface area contributed by atoms with Crippen LogP contribution in [0.3, 0.4) is 0 Å². The van der Waals surface area contributed by atoms with Crippen LogP contribution in [0, 0.1) is 0 Å². The summed E-state index contributed by atoms with van der Waals surface area (Å²) in [5.74, 6) is -0.313. The van der Waals surface area contributed by atoms with Gasteiger partial charge in [-0.15, -0.1) is 0 Å². The van der Waals surface area contributed by atoms with Crippen LogP contribution in [0.2, 0.25) is 0 Å². The smallest absolute Gasteiger partial charge is 0.336 e. The Morgan fingerprint density at radius 2 is 1.86 bits per heavy atom. The number of aryl methyl sites for hydroxylation is 1. The van der Waals surface area contributed by atoms with Gasteiger partial charge in [0.15, 0.2) is 0 Å². The summed E-state index contributed by atoms with van der Waals surface area (Å²) in [7, 11) is 0. The number of hydrogen-bond acceptors (Lipinski definition) is 3. The minimum atomic E-state index is -4.23. The summed E-state index contributed by atoms with van der Waals surface area (Å²) in [4.78, 5) is 26.8. The second-order valence-electron chi connectivity index (χ2n) is 5.22. The zero-order valence-corrected chi connectivity index (χ0v) is 12.3. The van der Waals surface area contributed by atoms with Gasteiger partial charge in [-0.25, -0.2) is 0 Å². The van der Waals surface area contributed by atoms with E-state index < -0.39 is 12.7 Å². The molecule has 0 spiro atoms. The molecule has 2 rings (SSSR count). The molecule has 1 fully saturated rings. The number of rotatable bonds is 3.